The largest absolute Gasteiger partial charge is 0.453 e. The van der Waals surface area contributed by atoms with Gasteiger partial charge in [0, 0.05) is 29.5 Å². The molecular formula is C15H17ClN4O2. The second-order valence-electron chi connectivity index (χ2n) is 5.28. The molecule has 0 radical (unpaired) electrons. The third kappa shape index (κ3) is 3.06. The van der Waals surface area contributed by atoms with Crippen LogP contribution in [0.4, 0.5) is 10.6 Å². The third-order valence-corrected chi connectivity index (χ3v) is 4.03. The molecule has 1 atom stereocenters. The topological polar surface area (TPSA) is 67.3 Å². The van der Waals surface area contributed by atoms with Crippen LogP contribution < -0.4 is 5.32 Å². The highest BCUT2D eigenvalue weighted by atomic mass is 35.5. The Bertz CT molecular complexity index is 694. The molecule has 3 rings (SSSR count). The minimum atomic E-state index is -0.286. The first-order valence-electron chi connectivity index (χ1n) is 7.17. The van der Waals surface area contributed by atoms with Crippen molar-refractivity contribution in [3.63, 3.8) is 0 Å². The van der Waals surface area contributed by atoms with Gasteiger partial charge < -0.3 is 15.0 Å². The van der Waals surface area contributed by atoms with Crippen molar-refractivity contribution < 1.29 is 9.53 Å². The standard InChI is InChI=1S/C15H17ClN4O2/c1-22-15(21)20-6-2-3-11(8-20)19-14-12-5-4-10(16)7-13(12)17-9-18-14/h4-5,7,9,11H,2-3,6,8H2,1H3,(H,17,18,19). The Balaban J connectivity index is 1.79. The van der Waals surface area contributed by atoms with Crippen LogP contribution in [0.5, 0.6) is 0 Å². The third-order valence-electron chi connectivity index (χ3n) is 3.79. The van der Waals surface area contributed by atoms with Crippen LogP contribution in [0.15, 0.2) is 24.5 Å². The fraction of sp³-hybridized carbons (Fsp3) is 0.400. The molecular weight excluding hydrogens is 304 g/mol. The quantitative estimate of drug-likeness (QED) is 0.921. The molecule has 7 heteroatoms. The second-order valence-corrected chi connectivity index (χ2v) is 5.72. The van der Waals surface area contributed by atoms with E-state index >= 15 is 0 Å². The Kier molecular flexibility index (Phi) is 4.29. The van der Waals surface area contributed by atoms with E-state index < -0.39 is 0 Å². The number of halogens is 1. The van der Waals surface area contributed by atoms with Crippen LogP contribution in [0.1, 0.15) is 12.8 Å². The van der Waals surface area contributed by atoms with Crippen LogP contribution in [0.25, 0.3) is 10.9 Å². The SMILES string of the molecule is COC(=O)N1CCCC(Nc2ncnc3cc(Cl)ccc23)C1. The number of benzene rings is 1. The zero-order valence-electron chi connectivity index (χ0n) is 12.3. The van der Waals surface area contributed by atoms with Gasteiger partial charge in [-0.1, -0.05) is 11.6 Å². The highest BCUT2D eigenvalue weighted by molar-refractivity contribution is 6.31. The summed E-state index contributed by atoms with van der Waals surface area (Å²) in [7, 11) is 1.40. The van der Waals surface area contributed by atoms with Crippen LogP contribution in [-0.4, -0.2) is 47.2 Å². The van der Waals surface area contributed by atoms with Crippen molar-refractivity contribution >= 4 is 34.4 Å². The summed E-state index contributed by atoms with van der Waals surface area (Å²) in [6.45, 7) is 1.33. The number of nitrogens with one attached hydrogen (secondary N) is 1. The van der Waals surface area contributed by atoms with E-state index in [1.165, 1.54) is 13.4 Å². The highest BCUT2D eigenvalue weighted by Gasteiger charge is 2.24. The van der Waals surface area contributed by atoms with Gasteiger partial charge in [0.15, 0.2) is 0 Å². The number of hydrogen-bond acceptors (Lipinski definition) is 5. The number of piperidine rings is 1. The van der Waals surface area contributed by atoms with E-state index in [0.717, 1.165) is 36.1 Å². The molecule has 1 fully saturated rings. The van der Waals surface area contributed by atoms with Gasteiger partial charge in [-0.3, -0.25) is 0 Å². The molecule has 2 heterocycles. The van der Waals surface area contributed by atoms with Crippen molar-refractivity contribution in [3.8, 4) is 0 Å². The zero-order valence-corrected chi connectivity index (χ0v) is 13.0. The van der Waals surface area contributed by atoms with E-state index in [9.17, 15) is 4.79 Å². The van der Waals surface area contributed by atoms with Gasteiger partial charge in [-0.25, -0.2) is 14.8 Å². The number of methoxy groups -OCH3 is 1. The van der Waals surface area contributed by atoms with Gasteiger partial charge in [-0.15, -0.1) is 0 Å². The lowest BCUT2D eigenvalue weighted by Crippen LogP contribution is -2.45. The van der Waals surface area contributed by atoms with Crippen molar-refractivity contribution in [2.24, 2.45) is 0 Å². The summed E-state index contributed by atoms with van der Waals surface area (Å²) in [5.74, 6) is 0.762. The Morgan fingerprint density at radius 1 is 1.45 bits per heavy atom. The molecule has 116 valence electrons. The summed E-state index contributed by atoms with van der Waals surface area (Å²) in [5.41, 5.74) is 0.797. The first-order chi connectivity index (χ1) is 10.7. The number of amides is 1. The van der Waals surface area contributed by atoms with Gasteiger partial charge in [-0.05, 0) is 31.0 Å². The molecule has 0 aliphatic carbocycles. The molecule has 0 bridgehead atoms. The summed E-state index contributed by atoms with van der Waals surface area (Å²) in [6, 6.07) is 5.67. The van der Waals surface area contributed by atoms with E-state index in [4.69, 9.17) is 16.3 Å². The van der Waals surface area contributed by atoms with Crippen LogP contribution in [0.3, 0.4) is 0 Å². The number of hydrogen-bond donors (Lipinski definition) is 1. The van der Waals surface area contributed by atoms with Crippen molar-refractivity contribution in [2.45, 2.75) is 18.9 Å². The van der Waals surface area contributed by atoms with Gasteiger partial charge in [-0.2, -0.15) is 0 Å². The van der Waals surface area contributed by atoms with Crippen molar-refractivity contribution in [1.29, 1.82) is 0 Å². The average Bonchev–Trinajstić information content (AvgIpc) is 2.54. The van der Waals surface area contributed by atoms with E-state index in [2.05, 4.69) is 15.3 Å². The molecule has 2 aromatic rings. The predicted octanol–water partition coefficient (Wildman–Crippen LogP) is 2.93. The maximum absolute atomic E-state index is 11.7. The molecule has 1 unspecified atom stereocenters. The number of anilines is 1. The van der Waals surface area contributed by atoms with Gasteiger partial charge >= 0.3 is 6.09 Å². The Morgan fingerprint density at radius 3 is 3.14 bits per heavy atom. The summed E-state index contributed by atoms with van der Waals surface area (Å²) >= 11 is 5.99. The number of nitrogens with zero attached hydrogens (tertiary/aromatic N) is 3. The van der Waals surface area contributed by atoms with E-state index in [0.29, 0.717) is 11.6 Å². The van der Waals surface area contributed by atoms with Crippen LogP contribution in [0.2, 0.25) is 5.02 Å². The van der Waals surface area contributed by atoms with Gasteiger partial charge in [0.25, 0.3) is 0 Å². The summed E-state index contributed by atoms with van der Waals surface area (Å²) in [6.07, 6.45) is 3.14. The summed E-state index contributed by atoms with van der Waals surface area (Å²) < 4.78 is 4.79. The predicted molar refractivity (Wildman–Crippen MR) is 85.2 cm³/mol. The van der Waals surface area contributed by atoms with Crippen molar-refractivity contribution in [1.82, 2.24) is 14.9 Å². The molecule has 0 spiro atoms. The molecule has 1 saturated heterocycles. The maximum Gasteiger partial charge on any atom is 0.409 e. The maximum atomic E-state index is 11.7. The minimum Gasteiger partial charge on any atom is -0.453 e. The lowest BCUT2D eigenvalue weighted by molar-refractivity contribution is 0.113. The highest BCUT2D eigenvalue weighted by Crippen LogP contribution is 2.24. The van der Waals surface area contributed by atoms with Crippen LogP contribution in [0, 0.1) is 0 Å². The molecule has 22 heavy (non-hydrogen) atoms. The number of fused-ring (bicyclic) bond motifs is 1. The number of carbonyl (C=O) groups is 1. The number of carbonyl (C=O) groups excluding carboxylic acids is 1. The number of likely N-dealkylation sites (tertiary alicyclic amines) is 1. The Hall–Kier alpha value is -2.08. The lowest BCUT2D eigenvalue weighted by atomic mass is 10.1. The molecule has 1 amide bonds. The van der Waals surface area contributed by atoms with Gasteiger partial charge in [0.2, 0.25) is 0 Å². The smallest absolute Gasteiger partial charge is 0.409 e. The van der Waals surface area contributed by atoms with E-state index in [1.807, 2.05) is 18.2 Å². The molecule has 1 aliphatic rings. The summed E-state index contributed by atoms with van der Waals surface area (Å²) in [4.78, 5) is 21.9. The molecule has 1 aliphatic heterocycles. The molecule has 0 saturated carbocycles. The van der Waals surface area contributed by atoms with Crippen LogP contribution >= 0.6 is 11.6 Å². The molecule has 6 nitrogen and oxygen atoms in total. The first-order valence-corrected chi connectivity index (χ1v) is 7.55. The minimum absolute atomic E-state index is 0.140. The number of aromatic nitrogens is 2. The molecule has 1 aromatic carbocycles. The van der Waals surface area contributed by atoms with Crippen molar-refractivity contribution in [2.75, 3.05) is 25.5 Å². The van der Waals surface area contributed by atoms with Gasteiger partial charge in [0.05, 0.1) is 12.6 Å². The lowest BCUT2D eigenvalue weighted by Gasteiger charge is -2.32. The molecule has 1 N–H and O–H groups in total. The summed E-state index contributed by atoms with van der Waals surface area (Å²) in [5, 5.41) is 4.97. The monoisotopic (exact) mass is 320 g/mol. The Morgan fingerprint density at radius 2 is 2.32 bits per heavy atom. The Labute approximate surface area is 133 Å². The second kappa shape index (κ2) is 6.36. The first kappa shape index (κ1) is 14.8. The fourth-order valence-corrected chi connectivity index (χ4v) is 2.89. The fourth-order valence-electron chi connectivity index (χ4n) is 2.73. The normalized spacial score (nSPS) is 18.3. The number of rotatable bonds is 2. The van der Waals surface area contributed by atoms with Crippen molar-refractivity contribution in [3.05, 3.63) is 29.5 Å². The molecule has 1 aromatic heterocycles. The van der Waals surface area contributed by atoms with E-state index in [1.54, 1.807) is 4.90 Å². The van der Waals surface area contributed by atoms with E-state index in [-0.39, 0.29) is 12.1 Å². The average molecular weight is 321 g/mol. The van der Waals surface area contributed by atoms with Gasteiger partial charge in [0.1, 0.15) is 12.1 Å². The zero-order chi connectivity index (χ0) is 15.5. The van der Waals surface area contributed by atoms with Crippen LogP contribution in [-0.2, 0) is 4.74 Å². The number of ether oxygens (including phenoxy) is 1.